The molecule has 0 bridgehead atoms. The molecule has 0 spiro atoms. The zero-order chi connectivity index (χ0) is 15.4. The van der Waals surface area contributed by atoms with E-state index in [2.05, 4.69) is 16.8 Å². The quantitative estimate of drug-likeness (QED) is 0.819. The van der Waals surface area contributed by atoms with Crippen molar-refractivity contribution in [3.05, 3.63) is 31.6 Å². The van der Waals surface area contributed by atoms with Gasteiger partial charge in [-0.2, -0.15) is 0 Å². The van der Waals surface area contributed by atoms with E-state index in [4.69, 9.17) is 16.3 Å². The van der Waals surface area contributed by atoms with Gasteiger partial charge >= 0.3 is 5.69 Å². The lowest BCUT2D eigenvalue weighted by atomic mass is 10.2. The van der Waals surface area contributed by atoms with Crippen LogP contribution in [0.3, 0.4) is 0 Å². The van der Waals surface area contributed by atoms with Crippen molar-refractivity contribution in [2.45, 2.75) is 39.3 Å². The summed E-state index contributed by atoms with van der Waals surface area (Å²) in [6.45, 7) is 7.50. The van der Waals surface area contributed by atoms with Gasteiger partial charge in [0.05, 0.1) is 24.8 Å². The SMILES string of the molecule is CCCc1c(Cl)[nH]c(=O)n(CC2CN(CC)CCO2)c1=O. The second-order valence-corrected chi connectivity index (χ2v) is 5.65. The highest BCUT2D eigenvalue weighted by Gasteiger charge is 2.22. The largest absolute Gasteiger partial charge is 0.374 e. The summed E-state index contributed by atoms with van der Waals surface area (Å²) in [6.07, 6.45) is 1.21. The Bertz CT molecular complexity index is 596. The van der Waals surface area contributed by atoms with Crippen LogP contribution in [0, 0.1) is 0 Å². The van der Waals surface area contributed by atoms with Gasteiger partial charge in [0, 0.05) is 13.1 Å². The maximum absolute atomic E-state index is 12.4. The first-order chi connectivity index (χ1) is 10.1. The topological polar surface area (TPSA) is 67.3 Å². The Morgan fingerprint density at radius 1 is 1.38 bits per heavy atom. The molecule has 0 saturated carbocycles. The molecular formula is C14H22ClN3O3. The van der Waals surface area contributed by atoms with Crippen LogP contribution in [0.2, 0.25) is 5.15 Å². The van der Waals surface area contributed by atoms with Crippen LogP contribution in [-0.4, -0.2) is 46.8 Å². The van der Waals surface area contributed by atoms with Gasteiger partial charge in [-0.25, -0.2) is 4.79 Å². The van der Waals surface area contributed by atoms with Gasteiger partial charge in [-0.1, -0.05) is 31.9 Å². The van der Waals surface area contributed by atoms with Crippen molar-refractivity contribution in [3.8, 4) is 0 Å². The average molecular weight is 316 g/mol. The highest BCUT2D eigenvalue weighted by molar-refractivity contribution is 6.30. The van der Waals surface area contributed by atoms with Gasteiger partial charge in [0.1, 0.15) is 5.15 Å². The lowest BCUT2D eigenvalue weighted by Crippen LogP contribution is -2.48. The normalized spacial score (nSPS) is 19.9. The minimum Gasteiger partial charge on any atom is -0.374 e. The minimum absolute atomic E-state index is 0.145. The van der Waals surface area contributed by atoms with Crippen LogP contribution in [0.5, 0.6) is 0 Å². The molecule has 118 valence electrons. The summed E-state index contributed by atoms with van der Waals surface area (Å²) in [5.41, 5.74) is -0.299. The summed E-state index contributed by atoms with van der Waals surface area (Å²) in [6, 6.07) is 0. The maximum Gasteiger partial charge on any atom is 0.329 e. The van der Waals surface area contributed by atoms with E-state index < -0.39 is 5.69 Å². The fraction of sp³-hybridized carbons (Fsp3) is 0.714. The summed E-state index contributed by atoms with van der Waals surface area (Å²) in [4.78, 5) is 29.2. The molecule has 2 heterocycles. The molecule has 1 saturated heterocycles. The molecule has 6 nitrogen and oxygen atoms in total. The summed E-state index contributed by atoms with van der Waals surface area (Å²) in [7, 11) is 0. The summed E-state index contributed by atoms with van der Waals surface area (Å²) in [5, 5.41) is 0.155. The first kappa shape index (κ1) is 16.3. The average Bonchev–Trinajstić information content (AvgIpc) is 2.48. The molecule has 1 atom stereocenters. The molecule has 0 aliphatic carbocycles. The number of halogens is 1. The number of aromatic nitrogens is 2. The van der Waals surface area contributed by atoms with Crippen molar-refractivity contribution < 1.29 is 4.74 Å². The monoisotopic (exact) mass is 315 g/mol. The lowest BCUT2D eigenvalue weighted by Gasteiger charge is -2.32. The Kier molecular flexibility index (Phi) is 5.61. The van der Waals surface area contributed by atoms with Crippen LogP contribution >= 0.6 is 11.6 Å². The van der Waals surface area contributed by atoms with Crippen LogP contribution in [0.25, 0.3) is 0 Å². The molecule has 7 heteroatoms. The Morgan fingerprint density at radius 2 is 2.14 bits per heavy atom. The molecule has 1 N–H and O–H groups in total. The molecule has 1 aliphatic rings. The molecular weight excluding hydrogens is 294 g/mol. The number of morpholine rings is 1. The van der Waals surface area contributed by atoms with Gasteiger partial charge in [-0.15, -0.1) is 0 Å². The fourth-order valence-corrected chi connectivity index (χ4v) is 2.86. The second-order valence-electron chi connectivity index (χ2n) is 5.27. The number of hydrogen-bond acceptors (Lipinski definition) is 4. The smallest absolute Gasteiger partial charge is 0.329 e. The van der Waals surface area contributed by atoms with E-state index in [0.717, 1.165) is 26.1 Å². The Balaban J connectivity index is 2.25. The number of nitrogens with one attached hydrogen (secondary N) is 1. The number of nitrogens with zero attached hydrogens (tertiary/aromatic N) is 2. The molecule has 1 aromatic rings. The van der Waals surface area contributed by atoms with E-state index in [1.165, 1.54) is 4.57 Å². The number of H-pyrrole nitrogens is 1. The molecule has 1 aromatic heterocycles. The summed E-state index contributed by atoms with van der Waals surface area (Å²) >= 11 is 5.97. The minimum atomic E-state index is -0.470. The number of ether oxygens (including phenoxy) is 1. The van der Waals surface area contributed by atoms with Gasteiger partial charge in [0.15, 0.2) is 0 Å². The maximum atomic E-state index is 12.4. The Labute approximate surface area is 128 Å². The number of likely N-dealkylation sites (N-methyl/N-ethyl adjacent to an activating group) is 1. The molecule has 1 fully saturated rings. The molecule has 0 radical (unpaired) electrons. The summed E-state index contributed by atoms with van der Waals surface area (Å²) < 4.78 is 6.88. The predicted molar refractivity (Wildman–Crippen MR) is 82.2 cm³/mol. The molecule has 0 aromatic carbocycles. The van der Waals surface area contributed by atoms with Crippen molar-refractivity contribution in [1.82, 2.24) is 14.5 Å². The van der Waals surface area contributed by atoms with Gasteiger partial charge < -0.3 is 4.74 Å². The molecule has 21 heavy (non-hydrogen) atoms. The first-order valence-electron chi connectivity index (χ1n) is 7.42. The zero-order valence-electron chi connectivity index (χ0n) is 12.5. The van der Waals surface area contributed by atoms with Crippen LogP contribution < -0.4 is 11.2 Å². The number of rotatable bonds is 5. The van der Waals surface area contributed by atoms with E-state index in [-0.39, 0.29) is 23.4 Å². The van der Waals surface area contributed by atoms with Gasteiger partial charge in [-0.05, 0) is 13.0 Å². The Hall–Kier alpha value is -1.11. The predicted octanol–water partition coefficient (Wildman–Crippen LogP) is 0.863. The van der Waals surface area contributed by atoms with Crippen LogP contribution in [-0.2, 0) is 17.7 Å². The van der Waals surface area contributed by atoms with Crippen molar-refractivity contribution >= 4 is 11.6 Å². The van der Waals surface area contributed by atoms with E-state index in [1.54, 1.807) is 0 Å². The van der Waals surface area contributed by atoms with Crippen molar-refractivity contribution in [3.63, 3.8) is 0 Å². The van der Waals surface area contributed by atoms with E-state index in [9.17, 15) is 9.59 Å². The van der Waals surface area contributed by atoms with Crippen molar-refractivity contribution in [1.29, 1.82) is 0 Å². The van der Waals surface area contributed by atoms with Crippen molar-refractivity contribution in [2.24, 2.45) is 0 Å². The third-order valence-corrected chi connectivity index (χ3v) is 4.11. The van der Waals surface area contributed by atoms with Gasteiger partial charge in [0.2, 0.25) is 0 Å². The molecule has 1 unspecified atom stereocenters. The summed E-state index contributed by atoms with van der Waals surface area (Å²) in [5.74, 6) is 0. The van der Waals surface area contributed by atoms with E-state index in [1.807, 2.05) is 6.92 Å². The van der Waals surface area contributed by atoms with E-state index >= 15 is 0 Å². The van der Waals surface area contributed by atoms with Crippen LogP contribution in [0.15, 0.2) is 9.59 Å². The highest BCUT2D eigenvalue weighted by atomic mass is 35.5. The third kappa shape index (κ3) is 3.75. The van der Waals surface area contributed by atoms with Gasteiger partial charge in [0.25, 0.3) is 5.56 Å². The third-order valence-electron chi connectivity index (χ3n) is 3.79. The van der Waals surface area contributed by atoms with Crippen LogP contribution in [0.4, 0.5) is 0 Å². The lowest BCUT2D eigenvalue weighted by molar-refractivity contribution is -0.0352. The van der Waals surface area contributed by atoms with Crippen molar-refractivity contribution in [2.75, 3.05) is 26.2 Å². The number of hydrogen-bond donors (Lipinski definition) is 1. The number of aromatic amines is 1. The molecule has 2 rings (SSSR count). The standard InChI is InChI=1S/C14H22ClN3O3/c1-3-5-11-12(15)16-14(20)18(13(11)19)9-10-8-17(4-2)6-7-21-10/h10H,3-9H2,1-2H3,(H,16,20). The van der Waals surface area contributed by atoms with Crippen LogP contribution in [0.1, 0.15) is 25.8 Å². The second kappa shape index (κ2) is 7.24. The molecule has 1 aliphatic heterocycles. The first-order valence-corrected chi connectivity index (χ1v) is 7.80. The zero-order valence-corrected chi connectivity index (χ0v) is 13.3. The fourth-order valence-electron chi connectivity index (χ4n) is 2.60. The molecule has 0 amide bonds. The van der Waals surface area contributed by atoms with Gasteiger partial charge in [-0.3, -0.25) is 19.2 Å². The Morgan fingerprint density at radius 3 is 2.81 bits per heavy atom. The van der Waals surface area contributed by atoms with E-state index in [0.29, 0.717) is 18.6 Å². The highest BCUT2D eigenvalue weighted by Crippen LogP contribution is 2.09.